The van der Waals surface area contributed by atoms with Crippen LogP contribution in [0.2, 0.25) is 0 Å². The molecule has 0 aliphatic rings. The first-order chi connectivity index (χ1) is 23.3. The van der Waals surface area contributed by atoms with Crippen molar-refractivity contribution in [3.05, 3.63) is 181 Å². The molecule has 0 aliphatic carbocycles. The molecule has 1 aromatic heterocycles. The Hall–Kier alpha value is -6.43. The largest absolute Gasteiger partial charge is 0.310 e. The van der Waals surface area contributed by atoms with Crippen molar-refractivity contribution in [1.29, 1.82) is 0 Å². The molecular weight excluding hydrogens is 569 g/mol. The van der Waals surface area contributed by atoms with Gasteiger partial charge in [-0.25, -0.2) is 4.85 Å². The summed E-state index contributed by atoms with van der Waals surface area (Å²) in [6.07, 6.45) is 0. The van der Waals surface area contributed by atoms with Gasteiger partial charge in [-0.2, -0.15) is 0 Å². The standard InChI is InChI=1S/C45H28N2/c1-46-39-26-15-29-42(47-40-27-13-11-18-31(40)32-19-12-14-28-41(32)47)45(39)38-25-10-9-24-37(38)44-35-22-7-5-20-33(35)43(30-16-3-2-4-17-30)34-21-6-8-23-36(34)44/h2-29H. The first kappa shape index (κ1) is 26.9. The summed E-state index contributed by atoms with van der Waals surface area (Å²) in [5.41, 5.74) is 10.6. The van der Waals surface area contributed by atoms with E-state index in [1.54, 1.807) is 0 Å². The molecule has 0 fully saturated rings. The van der Waals surface area contributed by atoms with Crippen LogP contribution in [0.25, 0.3) is 87.3 Å². The maximum absolute atomic E-state index is 8.36. The van der Waals surface area contributed by atoms with Gasteiger partial charge in [0.2, 0.25) is 0 Å². The van der Waals surface area contributed by atoms with Crippen LogP contribution in [-0.4, -0.2) is 4.57 Å². The first-order valence-electron chi connectivity index (χ1n) is 15.9. The SMILES string of the molecule is [C-]#[N+]c1cccc(-n2c3ccccc3c3ccccc32)c1-c1ccccc1-c1c2ccccc2c(-c2ccccc2)c2ccccc12. The minimum Gasteiger partial charge on any atom is -0.310 e. The van der Waals surface area contributed by atoms with Crippen LogP contribution in [0.1, 0.15) is 0 Å². The maximum Gasteiger partial charge on any atom is 0.197 e. The van der Waals surface area contributed by atoms with Gasteiger partial charge in [-0.1, -0.05) is 152 Å². The molecule has 218 valence electrons. The van der Waals surface area contributed by atoms with Crippen LogP contribution in [0.4, 0.5) is 5.69 Å². The molecule has 0 unspecified atom stereocenters. The Morgan fingerprint density at radius 2 is 0.809 bits per heavy atom. The lowest BCUT2D eigenvalue weighted by Gasteiger charge is -2.22. The molecule has 9 rings (SSSR count). The molecule has 0 saturated carbocycles. The van der Waals surface area contributed by atoms with Crippen molar-refractivity contribution >= 4 is 49.0 Å². The molecular formula is C45H28N2. The molecule has 2 nitrogen and oxygen atoms in total. The Balaban J connectivity index is 1.41. The summed E-state index contributed by atoms with van der Waals surface area (Å²) in [7, 11) is 0. The molecule has 0 N–H and O–H groups in total. The molecule has 2 heteroatoms. The highest BCUT2D eigenvalue weighted by Crippen LogP contribution is 2.49. The van der Waals surface area contributed by atoms with E-state index < -0.39 is 0 Å². The van der Waals surface area contributed by atoms with Crippen LogP contribution in [-0.2, 0) is 0 Å². The van der Waals surface area contributed by atoms with E-state index in [0.29, 0.717) is 5.69 Å². The highest BCUT2D eigenvalue weighted by molar-refractivity contribution is 6.23. The van der Waals surface area contributed by atoms with Crippen molar-refractivity contribution < 1.29 is 0 Å². The van der Waals surface area contributed by atoms with E-state index in [1.165, 1.54) is 49.0 Å². The summed E-state index contributed by atoms with van der Waals surface area (Å²) in [5.74, 6) is 0. The third-order valence-corrected chi connectivity index (χ3v) is 9.42. The lowest BCUT2D eigenvalue weighted by atomic mass is 9.83. The Bertz CT molecular complexity index is 2580. The minimum absolute atomic E-state index is 0.631. The first-order valence-corrected chi connectivity index (χ1v) is 15.9. The van der Waals surface area contributed by atoms with Gasteiger partial charge in [-0.05, 0) is 67.6 Å². The third kappa shape index (κ3) is 4.11. The van der Waals surface area contributed by atoms with Crippen molar-refractivity contribution in [3.8, 4) is 39.1 Å². The fourth-order valence-corrected chi connectivity index (χ4v) is 7.52. The van der Waals surface area contributed by atoms with Gasteiger partial charge in [0.15, 0.2) is 5.69 Å². The normalized spacial score (nSPS) is 11.4. The summed E-state index contributed by atoms with van der Waals surface area (Å²) in [6.45, 7) is 8.36. The molecule has 0 amide bonds. The second kappa shape index (κ2) is 10.9. The third-order valence-electron chi connectivity index (χ3n) is 9.42. The van der Waals surface area contributed by atoms with Crippen LogP contribution >= 0.6 is 0 Å². The van der Waals surface area contributed by atoms with E-state index >= 15 is 0 Å². The smallest absolute Gasteiger partial charge is 0.197 e. The Morgan fingerprint density at radius 3 is 1.36 bits per heavy atom. The van der Waals surface area contributed by atoms with Crippen molar-refractivity contribution in [2.45, 2.75) is 0 Å². The number of para-hydroxylation sites is 2. The topological polar surface area (TPSA) is 9.29 Å². The summed E-state index contributed by atoms with van der Waals surface area (Å²) >= 11 is 0. The van der Waals surface area contributed by atoms with Crippen LogP contribution in [0.15, 0.2) is 170 Å². The molecule has 0 spiro atoms. The van der Waals surface area contributed by atoms with E-state index in [2.05, 4.69) is 167 Å². The average Bonchev–Trinajstić information content (AvgIpc) is 3.48. The van der Waals surface area contributed by atoms with Gasteiger partial charge in [0.1, 0.15) is 0 Å². The van der Waals surface area contributed by atoms with Crippen LogP contribution in [0.3, 0.4) is 0 Å². The predicted octanol–water partition coefficient (Wildman–Crippen LogP) is 12.6. The van der Waals surface area contributed by atoms with Crippen molar-refractivity contribution in [3.63, 3.8) is 0 Å². The molecule has 8 aromatic carbocycles. The number of nitrogens with zero attached hydrogens (tertiary/aromatic N) is 2. The number of rotatable bonds is 4. The lowest BCUT2D eigenvalue weighted by Crippen LogP contribution is -1.99. The van der Waals surface area contributed by atoms with Crippen molar-refractivity contribution in [1.82, 2.24) is 4.57 Å². The van der Waals surface area contributed by atoms with Gasteiger partial charge in [0.25, 0.3) is 0 Å². The van der Waals surface area contributed by atoms with Gasteiger partial charge < -0.3 is 4.57 Å². The van der Waals surface area contributed by atoms with Gasteiger partial charge in [-0.3, -0.25) is 0 Å². The minimum atomic E-state index is 0.631. The number of hydrogen-bond donors (Lipinski definition) is 0. The fraction of sp³-hybridized carbons (Fsp3) is 0. The van der Waals surface area contributed by atoms with Crippen LogP contribution in [0, 0.1) is 6.57 Å². The monoisotopic (exact) mass is 596 g/mol. The van der Waals surface area contributed by atoms with E-state index in [9.17, 15) is 0 Å². The molecule has 9 aromatic rings. The van der Waals surface area contributed by atoms with Gasteiger partial charge in [-0.15, -0.1) is 0 Å². The highest BCUT2D eigenvalue weighted by atomic mass is 15.0. The zero-order chi connectivity index (χ0) is 31.3. The molecule has 0 aliphatic heterocycles. The van der Waals surface area contributed by atoms with E-state index in [0.717, 1.165) is 33.4 Å². The molecule has 0 atom stereocenters. The summed E-state index contributed by atoms with van der Waals surface area (Å²) < 4.78 is 2.33. The quantitative estimate of drug-likeness (QED) is 0.141. The zero-order valence-corrected chi connectivity index (χ0v) is 25.6. The predicted molar refractivity (Wildman–Crippen MR) is 198 cm³/mol. The number of hydrogen-bond acceptors (Lipinski definition) is 0. The lowest BCUT2D eigenvalue weighted by molar-refractivity contribution is 1.18. The summed E-state index contributed by atoms with van der Waals surface area (Å²) in [4.78, 5) is 4.13. The number of fused-ring (bicyclic) bond motifs is 5. The van der Waals surface area contributed by atoms with E-state index in [1.807, 2.05) is 12.1 Å². The van der Waals surface area contributed by atoms with E-state index in [-0.39, 0.29) is 0 Å². The summed E-state index contributed by atoms with van der Waals surface area (Å²) in [5, 5.41) is 7.20. The molecule has 0 saturated heterocycles. The van der Waals surface area contributed by atoms with Crippen molar-refractivity contribution in [2.24, 2.45) is 0 Å². The fourth-order valence-electron chi connectivity index (χ4n) is 7.52. The zero-order valence-electron chi connectivity index (χ0n) is 25.6. The highest BCUT2D eigenvalue weighted by Gasteiger charge is 2.23. The summed E-state index contributed by atoms with van der Waals surface area (Å²) in [6, 6.07) is 60.1. The van der Waals surface area contributed by atoms with Crippen LogP contribution in [0.5, 0.6) is 0 Å². The Kier molecular flexibility index (Phi) is 6.23. The molecule has 1 heterocycles. The second-order valence-electron chi connectivity index (χ2n) is 11.9. The Morgan fingerprint density at radius 1 is 0.362 bits per heavy atom. The average molecular weight is 597 g/mol. The van der Waals surface area contributed by atoms with E-state index in [4.69, 9.17) is 6.57 Å². The number of benzene rings is 8. The molecule has 47 heavy (non-hydrogen) atoms. The van der Waals surface area contributed by atoms with Crippen molar-refractivity contribution in [2.75, 3.05) is 0 Å². The van der Waals surface area contributed by atoms with Gasteiger partial charge in [0, 0.05) is 22.0 Å². The second-order valence-corrected chi connectivity index (χ2v) is 11.9. The van der Waals surface area contributed by atoms with Gasteiger partial charge >= 0.3 is 0 Å². The maximum atomic E-state index is 8.36. The molecule has 0 bridgehead atoms. The van der Waals surface area contributed by atoms with Crippen LogP contribution < -0.4 is 0 Å². The Labute approximate surface area is 273 Å². The molecule has 0 radical (unpaired) electrons. The number of aromatic nitrogens is 1. The van der Waals surface area contributed by atoms with Gasteiger partial charge in [0.05, 0.1) is 17.6 Å².